The maximum atomic E-state index is 14.1. The number of methoxy groups -OCH3 is 1. The molecule has 5 atom stereocenters. The summed E-state index contributed by atoms with van der Waals surface area (Å²) < 4.78 is 66.4. The monoisotopic (exact) mass is 827 g/mol. The van der Waals surface area contributed by atoms with Crippen LogP contribution in [0, 0.1) is 22.7 Å². The van der Waals surface area contributed by atoms with E-state index in [0.717, 1.165) is 51.9 Å². The average molecular weight is 828 g/mol. The third kappa shape index (κ3) is 12.3. The van der Waals surface area contributed by atoms with Crippen LogP contribution < -0.4 is 20.9 Å². The van der Waals surface area contributed by atoms with Crippen LogP contribution in [-0.4, -0.2) is 115 Å². The minimum Gasteiger partial charge on any atom is -0.453 e. The van der Waals surface area contributed by atoms with Gasteiger partial charge in [0, 0.05) is 55.3 Å². The van der Waals surface area contributed by atoms with Crippen molar-refractivity contribution in [1.82, 2.24) is 25.8 Å². The molecule has 13 nitrogen and oxygen atoms in total. The van der Waals surface area contributed by atoms with E-state index in [1.54, 1.807) is 30.5 Å². The molecule has 2 saturated heterocycles. The third-order valence-corrected chi connectivity index (χ3v) is 10.2. The Hall–Kier alpha value is -5.47. The Morgan fingerprint density at radius 1 is 1.02 bits per heavy atom. The number of benzene rings is 1. The number of pyridine rings is 1. The van der Waals surface area contributed by atoms with Crippen LogP contribution in [0.1, 0.15) is 64.2 Å². The Balaban J connectivity index is 1.46. The number of aliphatic hydroxyl groups is 1. The van der Waals surface area contributed by atoms with E-state index < -0.39 is 53.2 Å². The molecule has 17 heteroatoms. The summed E-state index contributed by atoms with van der Waals surface area (Å²) in [6.45, 7) is 11.2. The van der Waals surface area contributed by atoms with Crippen molar-refractivity contribution in [2.75, 3.05) is 38.2 Å². The van der Waals surface area contributed by atoms with Crippen LogP contribution in [0.2, 0.25) is 0 Å². The molecule has 2 aliphatic rings. The maximum absolute atomic E-state index is 14.1. The normalized spacial score (nSPS) is 18.6. The maximum Gasteiger partial charge on any atom is 0.410 e. The van der Waals surface area contributed by atoms with E-state index in [4.69, 9.17) is 10.1 Å². The first-order valence-electron chi connectivity index (χ1n) is 19.1. The zero-order valence-corrected chi connectivity index (χ0v) is 34.1. The van der Waals surface area contributed by atoms with E-state index in [9.17, 15) is 37.1 Å². The number of hydrogen-bond donors (Lipinski definition) is 5. The summed E-state index contributed by atoms with van der Waals surface area (Å²) in [4.78, 5) is 47.0. The molecular weight excluding hydrogens is 774 g/mol. The summed E-state index contributed by atoms with van der Waals surface area (Å²) in [6, 6.07) is 7.29. The van der Waals surface area contributed by atoms with Crippen molar-refractivity contribution in [3.63, 3.8) is 0 Å². The van der Waals surface area contributed by atoms with E-state index in [0.29, 0.717) is 29.8 Å². The number of ether oxygens (including phenoxy) is 2. The van der Waals surface area contributed by atoms with Crippen molar-refractivity contribution in [3.8, 4) is 11.8 Å². The summed E-state index contributed by atoms with van der Waals surface area (Å²) in [5.41, 5.74) is -1.51. The van der Waals surface area contributed by atoms with Gasteiger partial charge < -0.3 is 40.8 Å². The number of rotatable bonds is 14. The molecule has 0 spiro atoms. The number of carbonyl (C=O) groups is 3. The molecule has 0 radical (unpaired) electrons. The molecule has 0 saturated carbocycles. The van der Waals surface area contributed by atoms with Gasteiger partial charge in [-0.05, 0) is 89.8 Å². The standard InChI is InChI=1S/C42H53F4N7O6/c1-8-32(43)29(20-47)22-48-23-34(54)33(50-37(55)36(51-38(56)58-7)41(5,6)42(44,45)46)19-27-12-9-26(10-13-27)11-14-28-15-18-35(49-21-28)52-24-30-16-17-31(25-52)53(30)39(57)59-40(2,3)4/h8-10,12-13,15,18,20-21,30-31,33-34,36,47-48,54H,1,16-17,19,22-25H2,2-7H3,(H,50,55)(H,51,56)/b32-29-,47-20?/t30?,31?,33-,34-,36+/m0/s1. The Kier molecular flexibility index (Phi) is 15.3. The van der Waals surface area contributed by atoms with Gasteiger partial charge in [0.1, 0.15) is 23.3 Å². The van der Waals surface area contributed by atoms with E-state index in [-0.39, 0.29) is 43.3 Å². The molecule has 1 aromatic heterocycles. The highest BCUT2D eigenvalue weighted by atomic mass is 19.4. The van der Waals surface area contributed by atoms with Crippen LogP contribution in [0.15, 0.2) is 66.6 Å². The SMILES string of the molecule is C=C/C(F)=C(\C=N)CNC[C@H](O)[C@H](Cc1ccc(C#Cc2ccc(N3CC4CCC(C3)N4C(=O)OC(C)(C)C)nc2)cc1)NC(=O)[C@@H](NC(=O)OC)C(C)(C)C(F)(F)F. The predicted octanol–water partition coefficient (Wildman–Crippen LogP) is 5.42. The quantitative estimate of drug-likeness (QED) is 0.0723. The van der Waals surface area contributed by atoms with Crippen molar-refractivity contribution < 1.29 is 46.5 Å². The third-order valence-electron chi connectivity index (χ3n) is 10.2. The average Bonchev–Trinajstić information content (AvgIpc) is 3.45. The molecule has 5 N–H and O–H groups in total. The second-order valence-corrected chi connectivity index (χ2v) is 16.1. The fourth-order valence-electron chi connectivity index (χ4n) is 6.77. The van der Waals surface area contributed by atoms with Crippen molar-refractivity contribution >= 4 is 30.1 Å². The number of allylic oxidation sites excluding steroid dienone is 2. The van der Waals surface area contributed by atoms with Gasteiger partial charge in [-0.1, -0.05) is 30.6 Å². The molecule has 2 aromatic rings. The van der Waals surface area contributed by atoms with Crippen LogP contribution in [-0.2, 0) is 20.7 Å². The van der Waals surface area contributed by atoms with Crippen molar-refractivity contribution in [3.05, 3.63) is 83.3 Å². The Morgan fingerprint density at radius 2 is 1.63 bits per heavy atom. The Labute approximate surface area is 342 Å². The first-order valence-corrected chi connectivity index (χ1v) is 19.1. The van der Waals surface area contributed by atoms with Gasteiger partial charge >= 0.3 is 18.4 Å². The number of hydrogen-bond acceptors (Lipinski definition) is 10. The molecule has 4 rings (SSSR count). The number of halogens is 4. The lowest BCUT2D eigenvalue weighted by Crippen LogP contribution is -2.62. The molecule has 2 unspecified atom stereocenters. The lowest BCUT2D eigenvalue weighted by Gasteiger charge is -2.41. The summed E-state index contributed by atoms with van der Waals surface area (Å²) in [7, 11) is 0.944. The fraction of sp³-hybridized carbons (Fsp3) is 0.500. The first-order chi connectivity index (χ1) is 27.7. The number of amides is 3. The van der Waals surface area contributed by atoms with E-state index in [1.807, 2.05) is 43.1 Å². The van der Waals surface area contributed by atoms with E-state index in [1.165, 1.54) is 0 Å². The number of piperazine rings is 1. The van der Waals surface area contributed by atoms with Gasteiger partial charge in [-0.25, -0.2) is 19.0 Å². The highest BCUT2D eigenvalue weighted by molar-refractivity contribution is 5.87. The zero-order chi connectivity index (χ0) is 43.7. The Morgan fingerprint density at radius 3 is 2.15 bits per heavy atom. The molecule has 2 bridgehead atoms. The van der Waals surface area contributed by atoms with Gasteiger partial charge in [0.25, 0.3) is 0 Å². The molecule has 1 aromatic carbocycles. The predicted molar refractivity (Wildman–Crippen MR) is 215 cm³/mol. The van der Waals surface area contributed by atoms with Gasteiger partial charge in [0.2, 0.25) is 5.91 Å². The number of alkyl halides is 3. The van der Waals surface area contributed by atoms with Gasteiger partial charge in [-0.2, -0.15) is 13.2 Å². The number of nitrogens with zero attached hydrogens (tertiary/aromatic N) is 3. The summed E-state index contributed by atoms with van der Waals surface area (Å²) >= 11 is 0. The number of aliphatic hydroxyl groups excluding tert-OH is 1. The van der Waals surface area contributed by atoms with Gasteiger partial charge in [0.05, 0.1) is 36.8 Å². The van der Waals surface area contributed by atoms with Gasteiger partial charge in [0.15, 0.2) is 0 Å². The highest BCUT2D eigenvalue weighted by Crippen LogP contribution is 2.40. The lowest BCUT2D eigenvalue weighted by atomic mass is 9.82. The van der Waals surface area contributed by atoms with Crippen LogP contribution >= 0.6 is 0 Å². The fourth-order valence-corrected chi connectivity index (χ4v) is 6.77. The van der Waals surface area contributed by atoms with Crippen LogP contribution in [0.5, 0.6) is 0 Å². The van der Waals surface area contributed by atoms with Crippen LogP contribution in [0.25, 0.3) is 0 Å². The summed E-state index contributed by atoms with van der Waals surface area (Å²) in [6.07, 6.45) is -2.80. The van der Waals surface area contributed by atoms with Crippen molar-refractivity contribution in [2.24, 2.45) is 5.41 Å². The number of fused-ring (bicyclic) bond motifs is 2. The largest absolute Gasteiger partial charge is 0.453 e. The molecule has 2 aliphatic heterocycles. The lowest BCUT2D eigenvalue weighted by molar-refractivity contribution is -0.220. The molecule has 59 heavy (non-hydrogen) atoms. The molecule has 3 amide bonds. The zero-order valence-electron chi connectivity index (χ0n) is 34.1. The Bertz CT molecular complexity index is 1910. The minimum absolute atomic E-state index is 0.0400. The van der Waals surface area contributed by atoms with Gasteiger partial charge in [-0.15, -0.1) is 0 Å². The topological polar surface area (TPSA) is 169 Å². The number of anilines is 1. The number of alkyl carbamates (subject to hydrolysis) is 1. The highest BCUT2D eigenvalue weighted by Gasteiger charge is 2.56. The first kappa shape index (κ1) is 46.2. The minimum atomic E-state index is -4.93. The molecule has 0 aliphatic carbocycles. The number of nitrogens with one attached hydrogen (secondary N) is 4. The molecule has 320 valence electrons. The molecule has 2 fully saturated rings. The molecule has 3 heterocycles. The summed E-state index contributed by atoms with van der Waals surface area (Å²) in [5.74, 6) is 4.96. The van der Waals surface area contributed by atoms with Crippen molar-refractivity contribution in [2.45, 2.75) is 95.9 Å². The van der Waals surface area contributed by atoms with Gasteiger partial charge in [-0.3, -0.25) is 9.69 Å². The smallest absolute Gasteiger partial charge is 0.410 e. The van der Waals surface area contributed by atoms with Crippen LogP contribution in [0.4, 0.5) is 33.0 Å². The van der Waals surface area contributed by atoms with E-state index in [2.05, 4.69) is 43.7 Å². The number of carbonyl (C=O) groups excluding carboxylic acids is 3. The summed E-state index contributed by atoms with van der Waals surface area (Å²) in [5, 5.41) is 25.8. The number of aromatic nitrogens is 1. The molecular formula is C42H53F4N7O6. The van der Waals surface area contributed by atoms with Crippen LogP contribution in [0.3, 0.4) is 0 Å². The van der Waals surface area contributed by atoms with E-state index >= 15 is 0 Å². The second kappa shape index (κ2) is 19.5. The second-order valence-electron chi connectivity index (χ2n) is 16.1. The van der Waals surface area contributed by atoms with Crippen molar-refractivity contribution in [1.29, 1.82) is 5.41 Å².